The number of halogens is 1. The number of nitrogens with zero attached hydrogens (tertiary/aromatic N) is 2. The first kappa shape index (κ1) is 17.3. The predicted octanol–water partition coefficient (Wildman–Crippen LogP) is 1.19. The van der Waals surface area contributed by atoms with Gasteiger partial charge in [-0.15, -0.1) is 0 Å². The van der Waals surface area contributed by atoms with Crippen LogP contribution in [0.15, 0.2) is 18.2 Å². The van der Waals surface area contributed by atoms with Gasteiger partial charge >= 0.3 is 0 Å². The second-order valence-corrected chi connectivity index (χ2v) is 6.66. The number of carbonyl (C=O) groups is 2. The zero-order valence-corrected chi connectivity index (χ0v) is 14.1. The number of carbonyl (C=O) groups excluding carboxylic acids is 2. The Morgan fingerprint density at radius 3 is 2.96 bits per heavy atom. The molecule has 1 aromatic carbocycles. The van der Waals surface area contributed by atoms with E-state index < -0.39 is 11.7 Å². The second kappa shape index (κ2) is 6.79. The number of benzene rings is 1. The van der Waals surface area contributed by atoms with Crippen LogP contribution in [0.5, 0.6) is 0 Å². The summed E-state index contributed by atoms with van der Waals surface area (Å²) in [6.07, 6.45) is 0.0326. The number of H-pyrrole nitrogens is 1. The zero-order chi connectivity index (χ0) is 18.1. The number of fused-ring (bicyclic) bond motifs is 1. The number of aromatic nitrogens is 2. The molecule has 2 aromatic rings. The number of anilines is 1. The number of hydrogen-bond donors (Lipinski definition) is 3. The Hall–Kier alpha value is -2.48. The van der Waals surface area contributed by atoms with E-state index in [1.807, 2.05) is 13.8 Å². The third-order valence-electron chi connectivity index (χ3n) is 4.60. The minimum atomic E-state index is -0.557. The van der Waals surface area contributed by atoms with Gasteiger partial charge in [0, 0.05) is 13.0 Å². The molecule has 2 amide bonds. The first-order valence-corrected chi connectivity index (χ1v) is 8.26. The van der Waals surface area contributed by atoms with Gasteiger partial charge in [0.25, 0.3) is 0 Å². The molecule has 134 valence electrons. The number of aliphatic hydroxyl groups excluding tert-OH is 1. The van der Waals surface area contributed by atoms with Crippen molar-refractivity contribution in [3.05, 3.63) is 24.0 Å². The summed E-state index contributed by atoms with van der Waals surface area (Å²) in [5.41, 5.74) is 0.496. The number of amides is 2. The van der Waals surface area contributed by atoms with E-state index in [4.69, 9.17) is 0 Å². The van der Waals surface area contributed by atoms with Crippen LogP contribution in [0.25, 0.3) is 10.9 Å². The van der Waals surface area contributed by atoms with E-state index >= 15 is 0 Å². The molecule has 25 heavy (non-hydrogen) atoms. The molecular weight excluding hydrogens is 327 g/mol. The van der Waals surface area contributed by atoms with E-state index in [2.05, 4.69) is 15.5 Å². The summed E-state index contributed by atoms with van der Waals surface area (Å²) in [4.78, 5) is 26.1. The van der Waals surface area contributed by atoms with Gasteiger partial charge in [-0.25, -0.2) is 4.39 Å². The highest BCUT2D eigenvalue weighted by Gasteiger charge is 2.38. The minimum absolute atomic E-state index is 0.0326. The summed E-state index contributed by atoms with van der Waals surface area (Å²) in [6, 6.07) is 4.18. The molecular formula is C17H21FN4O3. The van der Waals surface area contributed by atoms with Crippen LogP contribution < -0.4 is 10.2 Å². The van der Waals surface area contributed by atoms with Crippen LogP contribution in [0.4, 0.5) is 10.2 Å². The molecule has 3 N–H and O–H groups in total. The van der Waals surface area contributed by atoms with Crippen molar-refractivity contribution in [3.63, 3.8) is 0 Å². The number of rotatable bonds is 5. The second-order valence-electron chi connectivity index (χ2n) is 6.66. The normalized spacial score (nSPS) is 19.0. The van der Waals surface area contributed by atoms with Crippen molar-refractivity contribution in [1.29, 1.82) is 0 Å². The van der Waals surface area contributed by atoms with Crippen LogP contribution >= 0.6 is 0 Å². The lowest BCUT2D eigenvalue weighted by atomic mass is 10.0. The summed E-state index contributed by atoms with van der Waals surface area (Å²) >= 11 is 0. The van der Waals surface area contributed by atoms with Gasteiger partial charge in [-0.05, 0) is 18.1 Å². The molecule has 0 aliphatic carbocycles. The van der Waals surface area contributed by atoms with Crippen LogP contribution in [0.2, 0.25) is 0 Å². The molecule has 3 rings (SSSR count). The van der Waals surface area contributed by atoms with Crippen molar-refractivity contribution in [3.8, 4) is 0 Å². The number of nitrogens with one attached hydrogen (secondary N) is 2. The van der Waals surface area contributed by atoms with Crippen LogP contribution in [-0.2, 0) is 9.59 Å². The van der Waals surface area contributed by atoms with Gasteiger partial charge in [0.15, 0.2) is 5.82 Å². The average molecular weight is 348 g/mol. The molecule has 1 aliphatic heterocycles. The monoisotopic (exact) mass is 348 g/mol. The third kappa shape index (κ3) is 3.21. The van der Waals surface area contributed by atoms with E-state index in [-0.39, 0.29) is 54.6 Å². The maximum Gasteiger partial charge on any atom is 0.229 e. The van der Waals surface area contributed by atoms with Gasteiger partial charge in [-0.3, -0.25) is 19.6 Å². The first-order chi connectivity index (χ1) is 11.9. The fraction of sp³-hybridized carbons (Fsp3) is 0.471. The summed E-state index contributed by atoms with van der Waals surface area (Å²) in [7, 11) is 0. The van der Waals surface area contributed by atoms with E-state index in [0.29, 0.717) is 5.52 Å². The topological polar surface area (TPSA) is 98.3 Å². The molecule has 1 aromatic heterocycles. The number of aromatic amines is 1. The van der Waals surface area contributed by atoms with Crippen LogP contribution in [-0.4, -0.2) is 46.3 Å². The van der Waals surface area contributed by atoms with Crippen molar-refractivity contribution < 1.29 is 19.1 Å². The Morgan fingerprint density at radius 2 is 2.28 bits per heavy atom. The maximum atomic E-state index is 14.1. The Balaban J connectivity index is 1.79. The quantitative estimate of drug-likeness (QED) is 0.756. The fourth-order valence-corrected chi connectivity index (χ4v) is 3.02. The van der Waals surface area contributed by atoms with Gasteiger partial charge in [0.05, 0.1) is 29.5 Å². The van der Waals surface area contributed by atoms with Gasteiger partial charge in [0.1, 0.15) is 5.82 Å². The van der Waals surface area contributed by atoms with Crippen molar-refractivity contribution in [2.75, 3.05) is 18.1 Å². The summed E-state index contributed by atoms with van der Waals surface area (Å²) < 4.78 is 14.1. The smallest absolute Gasteiger partial charge is 0.229 e. The van der Waals surface area contributed by atoms with Crippen molar-refractivity contribution in [2.24, 2.45) is 11.8 Å². The standard InChI is InChI=1S/C17H21FN4O3/c1-9(2)13(8-23)19-17(25)10-6-14(24)22(7-10)16-15-11(18)4-3-5-12(15)20-21-16/h3-5,9-10,13,23H,6-8H2,1-2H3,(H,19,25)(H,20,21)/t10-,13-/m1/s1. The van der Waals surface area contributed by atoms with Gasteiger partial charge < -0.3 is 10.4 Å². The molecule has 0 spiro atoms. The fourth-order valence-electron chi connectivity index (χ4n) is 3.02. The van der Waals surface area contributed by atoms with E-state index in [9.17, 15) is 19.1 Å². The lowest BCUT2D eigenvalue weighted by Crippen LogP contribution is -2.44. The Bertz CT molecular complexity index is 804. The zero-order valence-electron chi connectivity index (χ0n) is 14.1. The largest absolute Gasteiger partial charge is 0.394 e. The highest BCUT2D eigenvalue weighted by Crippen LogP contribution is 2.31. The molecule has 2 atom stereocenters. The highest BCUT2D eigenvalue weighted by atomic mass is 19.1. The van der Waals surface area contributed by atoms with Gasteiger partial charge in [0.2, 0.25) is 11.8 Å². The van der Waals surface area contributed by atoms with E-state index in [1.165, 1.54) is 11.0 Å². The molecule has 2 heterocycles. The molecule has 0 bridgehead atoms. The first-order valence-electron chi connectivity index (χ1n) is 8.26. The Kier molecular flexibility index (Phi) is 4.71. The maximum absolute atomic E-state index is 14.1. The molecule has 1 saturated heterocycles. The molecule has 1 fully saturated rings. The molecule has 0 radical (unpaired) electrons. The van der Waals surface area contributed by atoms with Crippen LogP contribution in [0.3, 0.4) is 0 Å². The SMILES string of the molecule is CC(C)[C@@H](CO)NC(=O)[C@@H]1CC(=O)N(c2n[nH]c3cccc(F)c23)C1. The third-order valence-corrected chi connectivity index (χ3v) is 4.60. The lowest BCUT2D eigenvalue weighted by molar-refractivity contribution is -0.127. The molecule has 7 nitrogen and oxygen atoms in total. The van der Waals surface area contributed by atoms with Crippen molar-refractivity contribution in [1.82, 2.24) is 15.5 Å². The van der Waals surface area contributed by atoms with Crippen LogP contribution in [0.1, 0.15) is 20.3 Å². The van der Waals surface area contributed by atoms with E-state index in [0.717, 1.165) is 0 Å². The Morgan fingerprint density at radius 1 is 1.52 bits per heavy atom. The van der Waals surface area contributed by atoms with Crippen molar-refractivity contribution in [2.45, 2.75) is 26.3 Å². The lowest BCUT2D eigenvalue weighted by Gasteiger charge is -2.22. The summed E-state index contributed by atoms with van der Waals surface area (Å²) in [5.74, 6) is -1.31. The van der Waals surface area contributed by atoms with Crippen LogP contribution in [0, 0.1) is 17.7 Å². The summed E-state index contributed by atoms with van der Waals surface area (Å²) in [6.45, 7) is 3.76. The van der Waals surface area contributed by atoms with Crippen molar-refractivity contribution >= 4 is 28.5 Å². The van der Waals surface area contributed by atoms with Gasteiger partial charge in [-0.1, -0.05) is 19.9 Å². The number of hydrogen-bond acceptors (Lipinski definition) is 4. The molecule has 1 aliphatic rings. The summed E-state index contributed by atoms with van der Waals surface area (Å²) in [5, 5.41) is 19.1. The predicted molar refractivity (Wildman–Crippen MR) is 90.4 cm³/mol. The molecule has 8 heteroatoms. The minimum Gasteiger partial charge on any atom is -0.394 e. The van der Waals surface area contributed by atoms with E-state index in [1.54, 1.807) is 12.1 Å². The van der Waals surface area contributed by atoms with Gasteiger partial charge in [-0.2, -0.15) is 5.10 Å². The highest BCUT2D eigenvalue weighted by molar-refractivity contribution is 6.05. The molecule has 0 saturated carbocycles. The average Bonchev–Trinajstić information content (AvgIpc) is 3.16. The molecule has 0 unspecified atom stereocenters. The number of aliphatic hydroxyl groups is 1. The Labute approximate surface area is 144 Å².